The molecule has 6 heteroatoms. The third-order valence-electron chi connectivity index (χ3n) is 4.68. The van der Waals surface area contributed by atoms with Crippen molar-refractivity contribution < 1.29 is 4.90 Å². The number of benzene rings is 1. The number of likely N-dealkylation sites (N-methyl/N-ethyl adjacent to an activating group) is 1. The molecule has 4 rings (SSSR count). The summed E-state index contributed by atoms with van der Waals surface area (Å²) in [5.41, 5.74) is 4.04. The van der Waals surface area contributed by atoms with Gasteiger partial charge in [0.2, 0.25) is 0 Å². The van der Waals surface area contributed by atoms with Crippen LogP contribution in [0.25, 0.3) is 16.8 Å². The Hall–Kier alpha value is -2.11. The van der Waals surface area contributed by atoms with Gasteiger partial charge in [-0.25, -0.2) is 4.98 Å². The van der Waals surface area contributed by atoms with E-state index in [0.29, 0.717) is 0 Å². The van der Waals surface area contributed by atoms with E-state index in [1.54, 1.807) is 4.90 Å². The number of aryl methyl sites for hydroxylation is 1. The molecule has 0 spiro atoms. The van der Waals surface area contributed by atoms with Crippen molar-refractivity contribution in [2.24, 2.45) is 0 Å². The summed E-state index contributed by atoms with van der Waals surface area (Å²) in [6, 6.07) is 9.97. The van der Waals surface area contributed by atoms with Gasteiger partial charge in [0.25, 0.3) is 0 Å². The SMILES string of the molecule is Cc1cc(N2CC[NH+](C)CC2)n2ncc(-c3ccc(Cl)cc3)c2n1. The van der Waals surface area contributed by atoms with Crippen LogP contribution in [-0.4, -0.2) is 47.8 Å². The van der Waals surface area contributed by atoms with Crippen molar-refractivity contribution in [3.63, 3.8) is 0 Å². The van der Waals surface area contributed by atoms with E-state index in [0.717, 1.165) is 59.5 Å². The summed E-state index contributed by atoms with van der Waals surface area (Å²) in [5, 5.41) is 5.36. The van der Waals surface area contributed by atoms with E-state index >= 15 is 0 Å². The fourth-order valence-electron chi connectivity index (χ4n) is 3.24. The van der Waals surface area contributed by atoms with Crippen molar-refractivity contribution in [3.05, 3.63) is 47.2 Å². The van der Waals surface area contributed by atoms with Crippen LogP contribution in [0.3, 0.4) is 0 Å². The highest BCUT2D eigenvalue weighted by Crippen LogP contribution is 2.28. The number of anilines is 1. The molecular formula is C18H21ClN5+. The maximum Gasteiger partial charge on any atom is 0.165 e. The molecule has 0 bridgehead atoms. The highest BCUT2D eigenvalue weighted by atomic mass is 35.5. The molecule has 0 amide bonds. The summed E-state index contributed by atoms with van der Waals surface area (Å²) < 4.78 is 1.97. The van der Waals surface area contributed by atoms with Crippen LogP contribution in [0.5, 0.6) is 0 Å². The first kappa shape index (κ1) is 15.4. The van der Waals surface area contributed by atoms with Crippen molar-refractivity contribution in [3.8, 4) is 11.1 Å². The monoisotopic (exact) mass is 342 g/mol. The Morgan fingerprint density at radius 3 is 2.54 bits per heavy atom. The average Bonchev–Trinajstić information content (AvgIpc) is 2.99. The quantitative estimate of drug-likeness (QED) is 0.770. The third kappa shape index (κ3) is 2.74. The Bertz CT molecular complexity index is 863. The predicted octanol–water partition coefficient (Wildman–Crippen LogP) is 1.69. The molecule has 1 N–H and O–H groups in total. The fourth-order valence-corrected chi connectivity index (χ4v) is 3.37. The zero-order chi connectivity index (χ0) is 16.7. The lowest BCUT2D eigenvalue weighted by molar-refractivity contribution is -0.880. The number of aromatic nitrogens is 3. The Morgan fingerprint density at radius 2 is 1.83 bits per heavy atom. The number of halogens is 1. The highest BCUT2D eigenvalue weighted by molar-refractivity contribution is 6.30. The minimum absolute atomic E-state index is 0.736. The van der Waals surface area contributed by atoms with E-state index in [9.17, 15) is 0 Å². The Kier molecular flexibility index (Phi) is 3.90. The molecule has 0 radical (unpaired) electrons. The van der Waals surface area contributed by atoms with E-state index < -0.39 is 0 Å². The van der Waals surface area contributed by atoms with Gasteiger partial charge in [-0.1, -0.05) is 23.7 Å². The zero-order valence-corrected chi connectivity index (χ0v) is 14.7. The van der Waals surface area contributed by atoms with Gasteiger partial charge in [-0.05, 0) is 24.6 Å². The summed E-state index contributed by atoms with van der Waals surface area (Å²) in [4.78, 5) is 8.73. The van der Waals surface area contributed by atoms with Gasteiger partial charge < -0.3 is 9.80 Å². The number of piperazine rings is 1. The predicted molar refractivity (Wildman–Crippen MR) is 97.0 cm³/mol. The number of nitrogens with zero attached hydrogens (tertiary/aromatic N) is 4. The standard InChI is InChI=1S/C18H20ClN5/c1-13-11-17(23-9-7-22(2)8-10-23)24-18(21-13)16(12-20-24)14-3-5-15(19)6-4-14/h3-6,11-12H,7-10H2,1-2H3/p+1. The summed E-state index contributed by atoms with van der Waals surface area (Å²) in [5.74, 6) is 1.13. The van der Waals surface area contributed by atoms with Crippen LogP contribution in [0, 0.1) is 6.92 Å². The molecule has 124 valence electrons. The Balaban J connectivity index is 1.81. The van der Waals surface area contributed by atoms with Crippen LogP contribution in [0.2, 0.25) is 5.02 Å². The lowest BCUT2D eigenvalue weighted by Gasteiger charge is -2.31. The molecule has 1 saturated heterocycles. The topological polar surface area (TPSA) is 37.9 Å². The number of hydrogen-bond acceptors (Lipinski definition) is 3. The second kappa shape index (κ2) is 6.07. The van der Waals surface area contributed by atoms with E-state index in [-0.39, 0.29) is 0 Å². The maximum absolute atomic E-state index is 6.01. The van der Waals surface area contributed by atoms with Crippen molar-refractivity contribution in [2.45, 2.75) is 6.92 Å². The molecule has 0 atom stereocenters. The van der Waals surface area contributed by atoms with Gasteiger partial charge in [0.1, 0.15) is 5.82 Å². The molecule has 2 aromatic heterocycles. The normalized spacial score (nSPS) is 16.0. The summed E-state index contributed by atoms with van der Waals surface area (Å²) in [6.07, 6.45) is 1.90. The first-order chi connectivity index (χ1) is 11.6. The minimum atomic E-state index is 0.736. The number of quaternary nitrogens is 1. The lowest BCUT2D eigenvalue weighted by atomic mass is 10.1. The maximum atomic E-state index is 6.01. The molecule has 1 aliphatic heterocycles. The van der Waals surface area contributed by atoms with Crippen LogP contribution in [0.1, 0.15) is 5.69 Å². The van der Waals surface area contributed by atoms with E-state index in [1.807, 2.05) is 41.9 Å². The van der Waals surface area contributed by atoms with Gasteiger partial charge in [-0.3, -0.25) is 0 Å². The van der Waals surface area contributed by atoms with Crippen LogP contribution in [0.15, 0.2) is 36.5 Å². The van der Waals surface area contributed by atoms with Crippen molar-refractivity contribution in [2.75, 3.05) is 38.1 Å². The third-order valence-corrected chi connectivity index (χ3v) is 4.93. The molecule has 0 saturated carbocycles. The summed E-state index contributed by atoms with van der Waals surface area (Å²) in [7, 11) is 2.25. The van der Waals surface area contributed by atoms with Crippen LogP contribution in [-0.2, 0) is 0 Å². The van der Waals surface area contributed by atoms with Crippen LogP contribution >= 0.6 is 11.6 Å². The van der Waals surface area contributed by atoms with E-state index in [4.69, 9.17) is 16.6 Å². The van der Waals surface area contributed by atoms with Gasteiger partial charge >= 0.3 is 0 Å². The van der Waals surface area contributed by atoms with E-state index in [1.165, 1.54) is 0 Å². The van der Waals surface area contributed by atoms with Gasteiger partial charge in [-0.2, -0.15) is 9.61 Å². The number of nitrogens with one attached hydrogen (secondary N) is 1. The first-order valence-electron chi connectivity index (χ1n) is 8.29. The highest BCUT2D eigenvalue weighted by Gasteiger charge is 2.21. The van der Waals surface area contributed by atoms with E-state index in [2.05, 4.69) is 23.1 Å². The second-order valence-electron chi connectivity index (χ2n) is 6.50. The van der Waals surface area contributed by atoms with Gasteiger partial charge in [0.05, 0.1) is 39.4 Å². The molecule has 3 aromatic rings. The molecule has 1 aliphatic rings. The first-order valence-corrected chi connectivity index (χ1v) is 8.67. The second-order valence-corrected chi connectivity index (χ2v) is 6.94. The molecule has 3 heterocycles. The molecule has 0 aliphatic carbocycles. The zero-order valence-electron chi connectivity index (χ0n) is 14.0. The van der Waals surface area contributed by atoms with Gasteiger partial charge in [-0.15, -0.1) is 0 Å². The van der Waals surface area contributed by atoms with Crippen molar-refractivity contribution in [1.82, 2.24) is 14.6 Å². The molecule has 1 fully saturated rings. The molecule has 1 aromatic carbocycles. The fraction of sp³-hybridized carbons (Fsp3) is 0.333. The Labute approximate surface area is 146 Å². The number of rotatable bonds is 2. The molecule has 0 unspecified atom stereocenters. The lowest BCUT2D eigenvalue weighted by Crippen LogP contribution is -3.12. The van der Waals surface area contributed by atoms with Gasteiger partial charge in [0.15, 0.2) is 5.65 Å². The molecule has 5 nitrogen and oxygen atoms in total. The summed E-state index contributed by atoms with van der Waals surface area (Å²) in [6.45, 7) is 6.42. The number of fused-ring (bicyclic) bond motifs is 1. The van der Waals surface area contributed by atoms with Crippen molar-refractivity contribution in [1.29, 1.82) is 0 Å². The van der Waals surface area contributed by atoms with Crippen molar-refractivity contribution >= 4 is 23.1 Å². The van der Waals surface area contributed by atoms with Crippen LogP contribution in [0.4, 0.5) is 5.82 Å². The Morgan fingerprint density at radius 1 is 1.12 bits per heavy atom. The summed E-state index contributed by atoms with van der Waals surface area (Å²) >= 11 is 6.01. The number of hydrogen-bond donors (Lipinski definition) is 1. The van der Waals surface area contributed by atoms with Gasteiger partial charge in [0, 0.05) is 22.3 Å². The molecule has 24 heavy (non-hydrogen) atoms. The largest absolute Gasteiger partial charge is 0.345 e. The molecular weight excluding hydrogens is 322 g/mol. The smallest absolute Gasteiger partial charge is 0.165 e. The minimum Gasteiger partial charge on any atom is -0.345 e. The van der Waals surface area contributed by atoms with Crippen LogP contribution < -0.4 is 9.80 Å². The average molecular weight is 343 g/mol.